The van der Waals surface area contributed by atoms with Crippen LogP contribution >= 0.6 is 15.9 Å². The summed E-state index contributed by atoms with van der Waals surface area (Å²) in [6.07, 6.45) is 3.48. The fourth-order valence-corrected chi connectivity index (χ4v) is 2.24. The summed E-state index contributed by atoms with van der Waals surface area (Å²) >= 11 is 3.53. The number of rotatable bonds is 4. The number of pyridine rings is 1. The number of nitrogens with two attached hydrogens (primary N) is 1. The lowest BCUT2D eigenvalue weighted by Gasteiger charge is -2.14. The quantitative estimate of drug-likeness (QED) is 0.936. The first-order valence-corrected chi connectivity index (χ1v) is 7.00. The number of aromatic nitrogens is 1. The molecule has 0 fully saturated rings. The smallest absolute Gasteiger partial charge is 0.137 e. The highest BCUT2D eigenvalue weighted by Gasteiger charge is 2.11. The molecular weight excluding hydrogens is 304 g/mol. The predicted octanol–water partition coefficient (Wildman–Crippen LogP) is 3.60. The van der Waals surface area contributed by atoms with Gasteiger partial charge in [-0.15, -0.1) is 0 Å². The summed E-state index contributed by atoms with van der Waals surface area (Å²) in [7, 11) is 0. The first-order valence-electron chi connectivity index (χ1n) is 6.21. The zero-order chi connectivity index (χ0) is 13.8. The van der Waals surface area contributed by atoms with Crippen LogP contribution in [0.5, 0.6) is 5.75 Å². The van der Waals surface area contributed by atoms with Crippen molar-refractivity contribution in [2.45, 2.75) is 19.9 Å². The summed E-state index contributed by atoms with van der Waals surface area (Å²) in [5.74, 6) is 0.752. The Balaban J connectivity index is 2.29. The number of aryl methyl sites for hydroxylation is 1. The van der Waals surface area contributed by atoms with E-state index in [2.05, 4.69) is 33.9 Å². The van der Waals surface area contributed by atoms with Gasteiger partial charge in [-0.3, -0.25) is 4.98 Å². The fraction of sp³-hybridized carbons (Fsp3) is 0.267. The molecule has 100 valence electrons. The molecule has 0 saturated heterocycles. The van der Waals surface area contributed by atoms with Crippen molar-refractivity contribution >= 4 is 15.9 Å². The minimum atomic E-state index is -0.204. The molecule has 19 heavy (non-hydrogen) atoms. The van der Waals surface area contributed by atoms with Crippen LogP contribution in [0.1, 0.15) is 29.7 Å². The topological polar surface area (TPSA) is 48.1 Å². The van der Waals surface area contributed by atoms with Crippen molar-refractivity contribution in [2.75, 3.05) is 6.61 Å². The summed E-state index contributed by atoms with van der Waals surface area (Å²) < 4.78 is 6.51. The Morgan fingerprint density at radius 1 is 1.26 bits per heavy atom. The molecule has 0 amide bonds. The molecule has 0 radical (unpaired) electrons. The summed E-state index contributed by atoms with van der Waals surface area (Å²) in [5.41, 5.74) is 9.47. The standard InChI is InChI=1S/C15H17BrN2O/c1-3-19-13-6-12(8-18-9-13)15(17)11-5-4-10(2)14(16)7-11/h4-9,15H,3,17H2,1-2H3. The average molecular weight is 321 g/mol. The highest BCUT2D eigenvalue weighted by Crippen LogP contribution is 2.26. The zero-order valence-electron chi connectivity index (χ0n) is 11.1. The van der Waals surface area contributed by atoms with Gasteiger partial charge in [0.15, 0.2) is 0 Å². The number of hydrogen-bond donors (Lipinski definition) is 1. The van der Waals surface area contributed by atoms with E-state index in [4.69, 9.17) is 10.5 Å². The molecule has 2 rings (SSSR count). The SMILES string of the molecule is CCOc1cncc(C(N)c2ccc(C)c(Br)c2)c1. The summed E-state index contributed by atoms with van der Waals surface area (Å²) in [6, 6.07) is 7.88. The van der Waals surface area contributed by atoms with Gasteiger partial charge >= 0.3 is 0 Å². The van der Waals surface area contributed by atoms with E-state index < -0.39 is 0 Å². The lowest BCUT2D eigenvalue weighted by atomic mass is 10.00. The lowest BCUT2D eigenvalue weighted by Crippen LogP contribution is -2.12. The van der Waals surface area contributed by atoms with Gasteiger partial charge in [0.1, 0.15) is 5.75 Å². The molecule has 0 bridgehead atoms. The van der Waals surface area contributed by atoms with Gasteiger partial charge in [0, 0.05) is 10.7 Å². The summed E-state index contributed by atoms with van der Waals surface area (Å²) in [4.78, 5) is 4.17. The molecule has 0 aliphatic heterocycles. The Hall–Kier alpha value is -1.39. The predicted molar refractivity (Wildman–Crippen MR) is 80.3 cm³/mol. The third-order valence-corrected chi connectivity index (χ3v) is 3.81. The minimum absolute atomic E-state index is 0.204. The first-order chi connectivity index (χ1) is 9.11. The Morgan fingerprint density at radius 2 is 2.05 bits per heavy atom. The van der Waals surface area contributed by atoms with E-state index in [0.717, 1.165) is 21.3 Å². The van der Waals surface area contributed by atoms with Crippen LogP contribution in [0.15, 0.2) is 41.1 Å². The van der Waals surface area contributed by atoms with Crippen molar-refractivity contribution in [3.05, 3.63) is 57.8 Å². The second-order valence-corrected chi connectivity index (χ2v) is 5.23. The van der Waals surface area contributed by atoms with Crippen molar-refractivity contribution < 1.29 is 4.74 Å². The van der Waals surface area contributed by atoms with Crippen LogP contribution in [0.25, 0.3) is 0 Å². The van der Waals surface area contributed by atoms with E-state index in [-0.39, 0.29) is 6.04 Å². The van der Waals surface area contributed by atoms with Gasteiger partial charge in [0.05, 0.1) is 18.8 Å². The lowest BCUT2D eigenvalue weighted by molar-refractivity contribution is 0.338. The number of halogens is 1. The molecule has 1 atom stereocenters. The van der Waals surface area contributed by atoms with Crippen molar-refractivity contribution in [1.82, 2.24) is 4.98 Å². The molecule has 1 unspecified atom stereocenters. The van der Waals surface area contributed by atoms with Gasteiger partial charge in [-0.25, -0.2) is 0 Å². The maximum atomic E-state index is 6.28. The highest BCUT2D eigenvalue weighted by atomic mass is 79.9. The number of hydrogen-bond acceptors (Lipinski definition) is 3. The average Bonchev–Trinajstić information content (AvgIpc) is 2.42. The molecule has 1 heterocycles. The second kappa shape index (κ2) is 6.17. The Kier molecular flexibility index (Phi) is 4.56. The molecule has 1 aromatic carbocycles. The van der Waals surface area contributed by atoms with Gasteiger partial charge in [-0.1, -0.05) is 28.1 Å². The highest BCUT2D eigenvalue weighted by molar-refractivity contribution is 9.10. The Bertz CT molecular complexity index is 572. The van der Waals surface area contributed by atoms with Crippen molar-refractivity contribution in [3.8, 4) is 5.75 Å². The van der Waals surface area contributed by atoms with Gasteiger partial charge in [-0.2, -0.15) is 0 Å². The molecule has 0 spiro atoms. The first kappa shape index (κ1) is 14.0. The van der Waals surface area contributed by atoms with Crippen LogP contribution in [0.2, 0.25) is 0 Å². The van der Waals surface area contributed by atoms with Gasteiger partial charge in [0.2, 0.25) is 0 Å². The largest absolute Gasteiger partial charge is 0.492 e. The van der Waals surface area contributed by atoms with Crippen LogP contribution in [-0.2, 0) is 0 Å². The molecule has 1 aromatic heterocycles. The molecule has 0 aliphatic rings. The van der Waals surface area contributed by atoms with Crippen molar-refractivity contribution in [1.29, 1.82) is 0 Å². The maximum absolute atomic E-state index is 6.28. The number of benzene rings is 1. The summed E-state index contributed by atoms with van der Waals surface area (Å²) in [5, 5.41) is 0. The third kappa shape index (κ3) is 3.33. The molecule has 3 nitrogen and oxygen atoms in total. The molecule has 0 aliphatic carbocycles. The fourth-order valence-electron chi connectivity index (χ4n) is 1.85. The van der Waals surface area contributed by atoms with Gasteiger partial charge < -0.3 is 10.5 Å². The number of nitrogens with zero attached hydrogens (tertiary/aromatic N) is 1. The van der Waals surface area contributed by atoms with Crippen LogP contribution in [0.4, 0.5) is 0 Å². The van der Waals surface area contributed by atoms with Crippen LogP contribution in [0, 0.1) is 6.92 Å². The monoisotopic (exact) mass is 320 g/mol. The molecule has 4 heteroatoms. The van der Waals surface area contributed by atoms with E-state index in [1.807, 2.05) is 25.1 Å². The van der Waals surface area contributed by atoms with Crippen molar-refractivity contribution in [3.63, 3.8) is 0 Å². The number of ether oxygens (including phenoxy) is 1. The van der Waals surface area contributed by atoms with Crippen molar-refractivity contribution in [2.24, 2.45) is 5.73 Å². The van der Waals surface area contributed by atoms with E-state index in [9.17, 15) is 0 Å². The third-order valence-electron chi connectivity index (χ3n) is 2.96. The molecule has 2 aromatic rings. The Morgan fingerprint density at radius 3 is 2.74 bits per heavy atom. The summed E-state index contributed by atoms with van der Waals surface area (Å²) in [6.45, 7) is 4.62. The van der Waals surface area contributed by atoms with E-state index in [1.165, 1.54) is 5.56 Å². The normalized spacial score (nSPS) is 12.2. The Labute approximate surface area is 121 Å². The molecular formula is C15H17BrN2O. The van der Waals surface area contributed by atoms with Crippen LogP contribution < -0.4 is 10.5 Å². The zero-order valence-corrected chi connectivity index (χ0v) is 12.6. The van der Waals surface area contributed by atoms with Crippen LogP contribution in [0.3, 0.4) is 0 Å². The second-order valence-electron chi connectivity index (χ2n) is 4.37. The van der Waals surface area contributed by atoms with Gasteiger partial charge in [0.25, 0.3) is 0 Å². The van der Waals surface area contributed by atoms with E-state index in [1.54, 1.807) is 12.4 Å². The maximum Gasteiger partial charge on any atom is 0.137 e. The molecule has 0 saturated carbocycles. The van der Waals surface area contributed by atoms with Gasteiger partial charge in [-0.05, 0) is 42.7 Å². The van der Waals surface area contributed by atoms with Crippen LogP contribution in [-0.4, -0.2) is 11.6 Å². The minimum Gasteiger partial charge on any atom is -0.492 e. The van der Waals surface area contributed by atoms with E-state index in [0.29, 0.717) is 6.61 Å². The molecule has 2 N–H and O–H groups in total. The van der Waals surface area contributed by atoms with E-state index >= 15 is 0 Å².